The number of nitrogen functional groups attached to an aromatic ring is 1. The highest BCUT2D eigenvalue weighted by atomic mass is 32.2. The van der Waals surface area contributed by atoms with Crippen molar-refractivity contribution in [2.75, 3.05) is 11.5 Å². The molecule has 0 bridgehead atoms. The standard InChI is InChI=1S/C17H27N3O4S/c1-6-25(22,23)14-10-13(11-19-15(14)18)9-7-8-12(2)20-16(21)24-17(3,4)5/h7,9-12H,6,8H2,1-5H3,(H2,18,19)(H,20,21)/b9-7+/t12-/m0/s1. The van der Waals surface area contributed by atoms with Crippen LogP contribution < -0.4 is 11.1 Å². The SMILES string of the molecule is CCS(=O)(=O)c1cc(/C=C/C[C@H](C)NC(=O)OC(C)(C)C)cnc1N. The van der Waals surface area contributed by atoms with Crippen molar-refractivity contribution in [1.82, 2.24) is 10.3 Å². The molecule has 1 atom stereocenters. The Hall–Kier alpha value is -2.09. The molecule has 0 unspecified atom stereocenters. The number of hydrogen-bond acceptors (Lipinski definition) is 6. The second kappa shape index (κ2) is 8.33. The second-order valence-corrected chi connectivity index (χ2v) is 8.99. The van der Waals surface area contributed by atoms with Crippen LogP contribution in [-0.4, -0.2) is 36.9 Å². The van der Waals surface area contributed by atoms with Crippen molar-refractivity contribution in [3.05, 3.63) is 23.9 Å². The van der Waals surface area contributed by atoms with E-state index in [0.29, 0.717) is 12.0 Å². The van der Waals surface area contributed by atoms with Gasteiger partial charge in [0, 0.05) is 12.2 Å². The Morgan fingerprint density at radius 2 is 2.08 bits per heavy atom. The molecule has 0 aromatic carbocycles. The monoisotopic (exact) mass is 369 g/mol. The number of carbonyl (C=O) groups is 1. The van der Waals surface area contributed by atoms with Crippen LogP contribution in [0.25, 0.3) is 6.08 Å². The summed E-state index contributed by atoms with van der Waals surface area (Å²) in [6, 6.07) is 1.37. The second-order valence-electron chi connectivity index (χ2n) is 6.74. The van der Waals surface area contributed by atoms with E-state index in [-0.39, 0.29) is 22.5 Å². The van der Waals surface area contributed by atoms with Crippen molar-refractivity contribution in [3.8, 4) is 0 Å². The molecular formula is C17H27N3O4S. The van der Waals surface area contributed by atoms with E-state index in [0.717, 1.165) is 0 Å². The first-order valence-corrected chi connectivity index (χ1v) is 9.74. The third-order valence-electron chi connectivity index (χ3n) is 3.18. The van der Waals surface area contributed by atoms with Gasteiger partial charge < -0.3 is 15.8 Å². The van der Waals surface area contributed by atoms with Gasteiger partial charge in [0.25, 0.3) is 0 Å². The van der Waals surface area contributed by atoms with Crippen molar-refractivity contribution in [3.63, 3.8) is 0 Å². The van der Waals surface area contributed by atoms with Crippen molar-refractivity contribution in [1.29, 1.82) is 0 Å². The summed E-state index contributed by atoms with van der Waals surface area (Å²) in [4.78, 5) is 15.7. The molecule has 0 spiro atoms. The summed E-state index contributed by atoms with van der Waals surface area (Å²) in [7, 11) is -3.42. The number of hydrogen-bond donors (Lipinski definition) is 2. The maximum Gasteiger partial charge on any atom is 0.407 e. The quantitative estimate of drug-likeness (QED) is 0.797. The van der Waals surface area contributed by atoms with Crippen LogP contribution in [0.2, 0.25) is 0 Å². The molecule has 7 nitrogen and oxygen atoms in total. The highest BCUT2D eigenvalue weighted by molar-refractivity contribution is 7.91. The van der Waals surface area contributed by atoms with Crippen LogP contribution in [-0.2, 0) is 14.6 Å². The summed E-state index contributed by atoms with van der Waals surface area (Å²) in [5.41, 5.74) is 5.74. The number of carbonyl (C=O) groups excluding carboxylic acids is 1. The Balaban J connectivity index is 2.71. The molecule has 25 heavy (non-hydrogen) atoms. The topological polar surface area (TPSA) is 111 Å². The van der Waals surface area contributed by atoms with Crippen molar-refractivity contribution >= 4 is 27.8 Å². The Bertz CT molecular complexity index is 737. The molecule has 0 saturated carbocycles. The average molecular weight is 369 g/mol. The third-order valence-corrected chi connectivity index (χ3v) is 4.94. The predicted octanol–water partition coefficient (Wildman–Crippen LogP) is 2.77. The van der Waals surface area contributed by atoms with Gasteiger partial charge in [0.1, 0.15) is 16.3 Å². The predicted molar refractivity (Wildman–Crippen MR) is 98.9 cm³/mol. The van der Waals surface area contributed by atoms with E-state index >= 15 is 0 Å². The zero-order valence-electron chi connectivity index (χ0n) is 15.4. The van der Waals surface area contributed by atoms with Crippen LogP contribution in [0.15, 0.2) is 23.2 Å². The van der Waals surface area contributed by atoms with Gasteiger partial charge in [-0.15, -0.1) is 0 Å². The molecule has 0 saturated heterocycles. The molecule has 0 aliphatic rings. The molecular weight excluding hydrogens is 342 g/mol. The van der Waals surface area contributed by atoms with E-state index in [1.165, 1.54) is 12.3 Å². The van der Waals surface area contributed by atoms with Gasteiger partial charge in [-0.1, -0.05) is 19.1 Å². The Kier molecular flexibility index (Phi) is 6.98. The van der Waals surface area contributed by atoms with Gasteiger partial charge in [-0.05, 0) is 45.7 Å². The number of ether oxygens (including phenoxy) is 1. The summed E-state index contributed by atoms with van der Waals surface area (Å²) in [6.07, 6.45) is 5.16. The van der Waals surface area contributed by atoms with Gasteiger partial charge in [-0.2, -0.15) is 0 Å². The minimum absolute atomic E-state index is 0.000963. The average Bonchev–Trinajstić information content (AvgIpc) is 2.46. The van der Waals surface area contributed by atoms with Crippen molar-refractivity contribution in [2.45, 2.75) is 57.6 Å². The number of aromatic nitrogens is 1. The van der Waals surface area contributed by atoms with Gasteiger partial charge in [0.05, 0.1) is 5.75 Å². The number of nitrogens with zero attached hydrogens (tertiary/aromatic N) is 1. The summed E-state index contributed by atoms with van der Waals surface area (Å²) in [6.45, 7) is 8.80. The first-order valence-electron chi connectivity index (χ1n) is 8.09. The lowest BCUT2D eigenvalue weighted by atomic mass is 10.2. The minimum Gasteiger partial charge on any atom is -0.444 e. The number of anilines is 1. The lowest BCUT2D eigenvalue weighted by Gasteiger charge is -2.21. The molecule has 0 radical (unpaired) electrons. The van der Waals surface area contributed by atoms with Gasteiger partial charge in [-0.25, -0.2) is 18.2 Å². The fourth-order valence-electron chi connectivity index (χ4n) is 1.94. The molecule has 8 heteroatoms. The molecule has 140 valence electrons. The molecule has 0 aliphatic heterocycles. The number of nitrogens with two attached hydrogens (primary N) is 1. The van der Waals surface area contributed by atoms with Gasteiger partial charge in [-0.3, -0.25) is 0 Å². The largest absolute Gasteiger partial charge is 0.444 e. The summed E-state index contributed by atoms with van der Waals surface area (Å²) in [5.74, 6) is -0.0398. The summed E-state index contributed by atoms with van der Waals surface area (Å²) in [5, 5.41) is 2.73. The van der Waals surface area contributed by atoms with Crippen LogP contribution in [0, 0.1) is 0 Å². The number of pyridine rings is 1. The van der Waals surface area contributed by atoms with E-state index < -0.39 is 21.5 Å². The molecule has 0 aliphatic carbocycles. The van der Waals surface area contributed by atoms with Gasteiger partial charge in [0.2, 0.25) is 0 Å². The lowest BCUT2D eigenvalue weighted by molar-refractivity contribution is 0.0509. The van der Waals surface area contributed by atoms with Gasteiger partial charge >= 0.3 is 6.09 Å². The maximum absolute atomic E-state index is 12.0. The van der Waals surface area contributed by atoms with Crippen LogP contribution in [0.1, 0.15) is 46.6 Å². The molecule has 1 amide bonds. The minimum atomic E-state index is -3.42. The van der Waals surface area contributed by atoms with E-state index in [1.807, 2.05) is 13.0 Å². The van der Waals surface area contributed by atoms with E-state index in [1.54, 1.807) is 33.8 Å². The molecule has 1 rings (SSSR count). The first-order chi connectivity index (χ1) is 11.4. The molecule has 1 aromatic rings. The molecule has 3 N–H and O–H groups in total. The molecule has 1 aromatic heterocycles. The number of sulfone groups is 1. The Morgan fingerprint density at radius 3 is 2.64 bits per heavy atom. The van der Waals surface area contributed by atoms with Crippen LogP contribution >= 0.6 is 0 Å². The first kappa shape index (κ1) is 21.0. The van der Waals surface area contributed by atoms with E-state index in [4.69, 9.17) is 10.5 Å². The van der Waals surface area contributed by atoms with E-state index in [2.05, 4.69) is 10.3 Å². The van der Waals surface area contributed by atoms with Crippen molar-refractivity contribution in [2.24, 2.45) is 0 Å². The Morgan fingerprint density at radius 1 is 1.44 bits per heavy atom. The van der Waals surface area contributed by atoms with Crippen LogP contribution in [0.5, 0.6) is 0 Å². The summed E-state index contributed by atoms with van der Waals surface area (Å²) >= 11 is 0. The van der Waals surface area contributed by atoms with Crippen LogP contribution in [0.3, 0.4) is 0 Å². The summed E-state index contributed by atoms with van der Waals surface area (Å²) < 4.78 is 29.2. The smallest absolute Gasteiger partial charge is 0.407 e. The van der Waals surface area contributed by atoms with E-state index in [9.17, 15) is 13.2 Å². The number of alkyl carbamates (subject to hydrolysis) is 1. The zero-order chi connectivity index (χ0) is 19.3. The van der Waals surface area contributed by atoms with Gasteiger partial charge in [0.15, 0.2) is 9.84 Å². The molecule has 1 heterocycles. The maximum atomic E-state index is 12.0. The highest BCUT2D eigenvalue weighted by Gasteiger charge is 2.18. The number of rotatable bonds is 6. The van der Waals surface area contributed by atoms with Crippen LogP contribution in [0.4, 0.5) is 10.6 Å². The van der Waals surface area contributed by atoms with Crippen molar-refractivity contribution < 1.29 is 17.9 Å². The fourth-order valence-corrected chi connectivity index (χ4v) is 2.94. The lowest BCUT2D eigenvalue weighted by Crippen LogP contribution is -2.37. The zero-order valence-corrected chi connectivity index (χ0v) is 16.2. The number of amides is 1. The molecule has 0 fully saturated rings. The number of nitrogens with one attached hydrogen (secondary N) is 1. The highest BCUT2D eigenvalue weighted by Crippen LogP contribution is 2.19. The normalized spacial score (nSPS) is 13.6. The fraction of sp³-hybridized carbons (Fsp3) is 0.529. The third kappa shape index (κ3) is 7.13. The Labute approximate surface area is 149 Å².